The molecule has 2 heterocycles. The number of ether oxygens (including phenoxy) is 1. The zero-order valence-corrected chi connectivity index (χ0v) is 16.0. The van der Waals surface area contributed by atoms with E-state index < -0.39 is 12.1 Å². The predicted octanol–water partition coefficient (Wildman–Crippen LogP) is 1.20. The summed E-state index contributed by atoms with van der Waals surface area (Å²) in [5, 5.41) is 5.37. The van der Waals surface area contributed by atoms with Gasteiger partial charge in [0.15, 0.2) is 0 Å². The van der Waals surface area contributed by atoms with Crippen molar-refractivity contribution in [1.82, 2.24) is 20.1 Å². The molecule has 2 aromatic rings. The first kappa shape index (κ1) is 19.5. The van der Waals surface area contributed by atoms with E-state index in [-0.39, 0.29) is 24.8 Å². The van der Waals surface area contributed by atoms with Gasteiger partial charge in [-0.1, -0.05) is 12.1 Å². The van der Waals surface area contributed by atoms with E-state index in [2.05, 4.69) is 10.6 Å². The molecule has 1 aromatic carbocycles. The number of imide groups is 1. The molecule has 1 saturated heterocycles. The first-order valence-electron chi connectivity index (χ1n) is 9.09. The van der Waals surface area contributed by atoms with E-state index in [0.717, 1.165) is 17.0 Å². The third kappa shape index (κ3) is 4.51. The number of nitrogens with zero attached hydrogens (tertiary/aromatic N) is 2. The van der Waals surface area contributed by atoms with E-state index in [0.29, 0.717) is 13.0 Å². The Labute approximate surface area is 163 Å². The predicted molar refractivity (Wildman–Crippen MR) is 103 cm³/mol. The first-order chi connectivity index (χ1) is 13.5. The number of carbonyl (C=O) groups excluding carboxylic acids is 3. The number of nitrogens with one attached hydrogen (secondary N) is 2. The Kier molecular flexibility index (Phi) is 5.98. The monoisotopic (exact) mass is 384 g/mol. The molecule has 1 fully saturated rings. The number of hydrogen-bond acceptors (Lipinski definition) is 4. The minimum atomic E-state index is -0.822. The van der Waals surface area contributed by atoms with Crippen LogP contribution < -0.4 is 15.4 Å². The molecule has 28 heavy (non-hydrogen) atoms. The summed E-state index contributed by atoms with van der Waals surface area (Å²) in [6, 6.07) is 9.97. The number of carbonyl (C=O) groups is 3. The molecule has 1 aliphatic rings. The molecular formula is C20H24N4O4. The molecule has 3 rings (SSSR count). The van der Waals surface area contributed by atoms with Crippen LogP contribution in [0.5, 0.6) is 5.75 Å². The molecule has 4 amide bonds. The normalized spacial score (nSPS) is 16.2. The van der Waals surface area contributed by atoms with Gasteiger partial charge < -0.3 is 19.9 Å². The van der Waals surface area contributed by atoms with E-state index in [9.17, 15) is 14.4 Å². The van der Waals surface area contributed by atoms with Crippen LogP contribution in [-0.4, -0.2) is 47.0 Å². The highest BCUT2D eigenvalue weighted by Gasteiger charge is 2.38. The minimum absolute atomic E-state index is 0.0754. The molecule has 0 spiro atoms. The standard InChI is InChI=1S/C20H24N4O4/c1-23-10-3-4-15(23)13-21-18(25)12-17-19(26)24(20(27)22-17)11-9-14-5-7-16(28-2)8-6-14/h3-8,10,17H,9,11-13H2,1-2H3,(H,21,25)(H,22,27)/t17-/m0/s1. The summed E-state index contributed by atoms with van der Waals surface area (Å²) in [4.78, 5) is 37.9. The Hall–Kier alpha value is -3.29. The molecule has 8 nitrogen and oxygen atoms in total. The van der Waals surface area contributed by atoms with Crippen molar-refractivity contribution < 1.29 is 19.1 Å². The lowest BCUT2D eigenvalue weighted by Gasteiger charge is -2.13. The van der Waals surface area contributed by atoms with E-state index >= 15 is 0 Å². The van der Waals surface area contributed by atoms with Crippen molar-refractivity contribution in [1.29, 1.82) is 0 Å². The Morgan fingerprint density at radius 2 is 1.96 bits per heavy atom. The average Bonchev–Trinajstić information content (AvgIpc) is 3.21. The van der Waals surface area contributed by atoms with Crippen molar-refractivity contribution in [3.63, 3.8) is 0 Å². The van der Waals surface area contributed by atoms with E-state index in [1.165, 1.54) is 4.90 Å². The fraction of sp³-hybridized carbons (Fsp3) is 0.350. The second kappa shape index (κ2) is 8.60. The topological polar surface area (TPSA) is 92.7 Å². The summed E-state index contributed by atoms with van der Waals surface area (Å²) in [5.74, 6) is 0.101. The number of methoxy groups -OCH3 is 1. The molecule has 1 atom stereocenters. The molecule has 1 aliphatic heterocycles. The fourth-order valence-corrected chi connectivity index (χ4v) is 3.09. The molecule has 0 bridgehead atoms. The van der Waals surface area contributed by atoms with Crippen molar-refractivity contribution in [2.75, 3.05) is 13.7 Å². The highest BCUT2D eigenvalue weighted by atomic mass is 16.5. The molecule has 1 aromatic heterocycles. The van der Waals surface area contributed by atoms with Gasteiger partial charge in [-0.15, -0.1) is 0 Å². The van der Waals surface area contributed by atoms with Crippen LogP contribution in [0.25, 0.3) is 0 Å². The van der Waals surface area contributed by atoms with Gasteiger partial charge in [0.2, 0.25) is 5.91 Å². The smallest absolute Gasteiger partial charge is 0.324 e. The summed E-state index contributed by atoms with van der Waals surface area (Å²) in [6.45, 7) is 0.636. The van der Waals surface area contributed by atoms with Crippen molar-refractivity contribution in [3.05, 3.63) is 53.9 Å². The minimum Gasteiger partial charge on any atom is -0.497 e. The lowest BCUT2D eigenvalue weighted by Crippen LogP contribution is -2.36. The van der Waals surface area contributed by atoms with Crippen LogP contribution in [0, 0.1) is 0 Å². The van der Waals surface area contributed by atoms with Gasteiger partial charge in [-0.05, 0) is 36.2 Å². The quantitative estimate of drug-likeness (QED) is 0.669. The second-order valence-corrected chi connectivity index (χ2v) is 6.68. The number of benzene rings is 1. The Morgan fingerprint density at radius 1 is 1.21 bits per heavy atom. The van der Waals surface area contributed by atoms with Crippen molar-refractivity contribution in [2.45, 2.75) is 25.4 Å². The second-order valence-electron chi connectivity index (χ2n) is 6.68. The summed E-state index contributed by atoms with van der Waals surface area (Å²) in [5.41, 5.74) is 1.95. The maximum Gasteiger partial charge on any atom is 0.324 e. The number of amides is 4. The molecule has 2 N–H and O–H groups in total. The number of aromatic nitrogens is 1. The van der Waals surface area contributed by atoms with E-state index in [4.69, 9.17) is 4.74 Å². The first-order valence-corrected chi connectivity index (χ1v) is 9.09. The van der Waals surface area contributed by atoms with Crippen molar-refractivity contribution in [3.8, 4) is 5.75 Å². The molecular weight excluding hydrogens is 360 g/mol. The number of urea groups is 1. The molecule has 0 radical (unpaired) electrons. The van der Waals surface area contributed by atoms with Gasteiger partial charge in [-0.25, -0.2) is 4.79 Å². The van der Waals surface area contributed by atoms with Crippen LogP contribution in [0.15, 0.2) is 42.6 Å². The Balaban J connectivity index is 1.49. The van der Waals surface area contributed by atoms with Gasteiger partial charge in [-0.3, -0.25) is 14.5 Å². The summed E-state index contributed by atoms with van der Waals surface area (Å²) < 4.78 is 7.02. The number of rotatable bonds is 8. The molecule has 0 aliphatic carbocycles. The Morgan fingerprint density at radius 3 is 2.61 bits per heavy atom. The van der Waals surface area contributed by atoms with Gasteiger partial charge >= 0.3 is 6.03 Å². The Bertz CT molecular complexity index is 859. The zero-order valence-electron chi connectivity index (χ0n) is 16.0. The van der Waals surface area contributed by atoms with Crippen LogP contribution in [0.4, 0.5) is 4.79 Å². The number of aryl methyl sites for hydroxylation is 1. The third-order valence-corrected chi connectivity index (χ3v) is 4.80. The van der Waals surface area contributed by atoms with Crippen LogP contribution in [0.1, 0.15) is 17.7 Å². The van der Waals surface area contributed by atoms with Gasteiger partial charge in [0.25, 0.3) is 5.91 Å². The van der Waals surface area contributed by atoms with E-state index in [1.54, 1.807) is 7.11 Å². The maximum atomic E-state index is 12.5. The van der Waals surface area contributed by atoms with Gasteiger partial charge in [-0.2, -0.15) is 0 Å². The van der Waals surface area contributed by atoms with Crippen molar-refractivity contribution >= 4 is 17.8 Å². The van der Waals surface area contributed by atoms with Crippen LogP contribution in [0.2, 0.25) is 0 Å². The fourth-order valence-electron chi connectivity index (χ4n) is 3.09. The summed E-state index contributed by atoms with van der Waals surface area (Å²) in [6.07, 6.45) is 2.35. The maximum absolute atomic E-state index is 12.5. The van der Waals surface area contributed by atoms with Crippen LogP contribution in [0.3, 0.4) is 0 Å². The molecule has 0 saturated carbocycles. The largest absolute Gasteiger partial charge is 0.497 e. The summed E-state index contributed by atoms with van der Waals surface area (Å²) in [7, 11) is 3.49. The zero-order chi connectivity index (χ0) is 20.1. The molecule has 8 heteroatoms. The third-order valence-electron chi connectivity index (χ3n) is 4.80. The lowest BCUT2D eigenvalue weighted by molar-refractivity contribution is -0.130. The van der Waals surface area contributed by atoms with Gasteiger partial charge in [0, 0.05) is 25.5 Å². The van der Waals surface area contributed by atoms with Gasteiger partial charge in [0.05, 0.1) is 20.1 Å². The SMILES string of the molecule is COc1ccc(CCN2C(=O)N[C@@H](CC(=O)NCc3cccn3C)C2=O)cc1. The van der Waals surface area contributed by atoms with Crippen LogP contribution >= 0.6 is 0 Å². The summed E-state index contributed by atoms with van der Waals surface area (Å²) >= 11 is 0. The highest BCUT2D eigenvalue weighted by Crippen LogP contribution is 2.14. The molecule has 0 unspecified atom stereocenters. The van der Waals surface area contributed by atoms with Gasteiger partial charge in [0.1, 0.15) is 11.8 Å². The van der Waals surface area contributed by atoms with Crippen molar-refractivity contribution in [2.24, 2.45) is 7.05 Å². The average molecular weight is 384 g/mol. The van der Waals surface area contributed by atoms with Crippen LogP contribution in [-0.2, 0) is 29.6 Å². The lowest BCUT2D eigenvalue weighted by atomic mass is 10.1. The number of hydrogen-bond donors (Lipinski definition) is 2. The van der Waals surface area contributed by atoms with E-state index in [1.807, 2.05) is 54.2 Å². The molecule has 148 valence electrons. The highest BCUT2D eigenvalue weighted by molar-refractivity contribution is 6.05.